The topological polar surface area (TPSA) is 37.4 Å². The maximum absolute atomic E-state index is 14.6. The van der Waals surface area contributed by atoms with Crippen molar-refractivity contribution in [1.29, 1.82) is 0 Å². The highest BCUT2D eigenvalue weighted by Crippen LogP contribution is 2.31. The summed E-state index contributed by atoms with van der Waals surface area (Å²) in [6.45, 7) is 4.92. The average molecular weight is 430 g/mol. The number of rotatable bonds is 7. The summed E-state index contributed by atoms with van der Waals surface area (Å²) in [6.07, 6.45) is 2.04. The van der Waals surface area contributed by atoms with Crippen LogP contribution in [0.25, 0.3) is 0 Å². The summed E-state index contributed by atoms with van der Waals surface area (Å²) in [4.78, 5) is 7.14. The molecule has 1 saturated heterocycles. The fraction of sp³-hybridized carbons (Fsp3) is 0.318. The van der Waals surface area contributed by atoms with Gasteiger partial charge in [-0.3, -0.25) is 4.90 Å². The van der Waals surface area contributed by atoms with Crippen molar-refractivity contribution in [2.75, 3.05) is 17.8 Å². The minimum absolute atomic E-state index is 0.131. The Kier molecular flexibility index (Phi) is 6.69. The van der Waals surface area contributed by atoms with E-state index >= 15 is 0 Å². The first-order chi connectivity index (χ1) is 14.2. The molecular formula is C22H24FN3OS2. The van der Waals surface area contributed by atoms with Crippen LogP contribution in [0, 0.1) is 12.7 Å². The lowest BCUT2D eigenvalue weighted by Crippen LogP contribution is -2.37. The number of anilines is 1. The first-order valence-electron chi connectivity index (χ1n) is 9.71. The number of aromatic nitrogens is 1. The third-order valence-electron chi connectivity index (χ3n) is 5.00. The molecule has 2 heterocycles. The molecule has 1 aromatic heterocycles. The number of hydrogen-bond donors (Lipinski definition) is 1. The largest absolute Gasteiger partial charge is 0.490 e. The second kappa shape index (κ2) is 9.61. The van der Waals surface area contributed by atoms with Gasteiger partial charge in [0.2, 0.25) is 0 Å². The number of aryl methyl sites for hydroxylation is 1. The third kappa shape index (κ3) is 5.50. The summed E-state index contributed by atoms with van der Waals surface area (Å²) in [5.41, 5.74) is 4.02. The van der Waals surface area contributed by atoms with Crippen molar-refractivity contribution >= 4 is 29.1 Å². The Balaban J connectivity index is 1.31. The number of halogens is 1. The number of likely N-dealkylation sites (tertiary alicyclic amines) is 1. The third-order valence-corrected chi connectivity index (χ3v) is 6.44. The fourth-order valence-electron chi connectivity index (χ4n) is 3.42. The molecular weight excluding hydrogens is 405 g/mol. The average Bonchev–Trinajstić information content (AvgIpc) is 3.25. The number of piperidine rings is 1. The summed E-state index contributed by atoms with van der Waals surface area (Å²) < 4.78 is 23.8. The number of nitrogens with zero attached hydrogens (tertiary/aromatic N) is 2. The van der Waals surface area contributed by atoms with Gasteiger partial charge in [-0.25, -0.2) is 9.37 Å². The van der Waals surface area contributed by atoms with E-state index in [-0.39, 0.29) is 11.9 Å². The molecule has 0 bridgehead atoms. The van der Waals surface area contributed by atoms with E-state index < -0.39 is 0 Å². The van der Waals surface area contributed by atoms with Crippen molar-refractivity contribution in [1.82, 2.24) is 9.88 Å². The molecule has 152 valence electrons. The lowest BCUT2D eigenvalue weighted by Gasteiger charge is -2.32. The number of benzene rings is 2. The molecule has 1 aliphatic rings. The van der Waals surface area contributed by atoms with Gasteiger partial charge < -0.3 is 9.46 Å². The second-order valence-corrected chi connectivity index (χ2v) is 8.77. The van der Waals surface area contributed by atoms with Crippen LogP contribution in [0.4, 0.5) is 10.2 Å². The van der Waals surface area contributed by atoms with Gasteiger partial charge in [-0.15, -0.1) is 11.3 Å². The van der Waals surface area contributed by atoms with E-state index in [1.807, 2.05) is 24.4 Å². The molecule has 3 aromatic rings. The van der Waals surface area contributed by atoms with Crippen LogP contribution in [0.15, 0.2) is 58.3 Å². The second-order valence-electron chi connectivity index (χ2n) is 7.20. The van der Waals surface area contributed by atoms with Crippen molar-refractivity contribution in [2.45, 2.75) is 37.3 Å². The van der Waals surface area contributed by atoms with E-state index in [0.29, 0.717) is 10.6 Å². The Labute approximate surface area is 179 Å². The fourth-order valence-corrected chi connectivity index (χ4v) is 4.70. The molecule has 0 amide bonds. The molecule has 4 nitrogen and oxygen atoms in total. The van der Waals surface area contributed by atoms with Gasteiger partial charge in [-0.2, -0.15) is 0 Å². The maximum atomic E-state index is 14.6. The van der Waals surface area contributed by atoms with Gasteiger partial charge in [0.25, 0.3) is 0 Å². The SMILES string of the molecule is Cc1cc(SNc2cscn2)c(F)cc1OC1CCN(Cc2ccccc2)CC1. The van der Waals surface area contributed by atoms with Gasteiger partial charge in [0.15, 0.2) is 0 Å². The van der Waals surface area contributed by atoms with Crippen LogP contribution in [0.1, 0.15) is 24.0 Å². The Morgan fingerprint density at radius 2 is 2.03 bits per heavy atom. The van der Waals surface area contributed by atoms with Crippen molar-refractivity contribution in [3.05, 3.63) is 70.3 Å². The van der Waals surface area contributed by atoms with Gasteiger partial charge in [0.05, 0.1) is 10.4 Å². The van der Waals surface area contributed by atoms with E-state index in [9.17, 15) is 4.39 Å². The Morgan fingerprint density at radius 1 is 1.24 bits per heavy atom. The normalized spacial score (nSPS) is 15.4. The Hall–Kier alpha value is -2.09. The predicted octanol–water partition coefficient (Wildman–Crippen LogP) is 5.75. The van der Waals surface area contributed by atoms with E-state index in [1.54, 1.807) is 5.51 Å². The van der Waals surface area contributed by atoms with Gasteiger partial charge >= 0.3 is 0 Å². The summed E-state index contributed by atoms with van der Waals surface area (Å²) >= 11 is 2.73. The van der Waals surface area contributed by atoms with Crippen LogP contribution < -0.4 is 9.46 Å². The van der Waals surface area contributed by atoms with Gasteiger partial charge in [0, 0.05) is 31.1 Å². The molecule has 0 radical (unpaired) electrons. The van der Waals surface area contributed by atoms with Crippen molar-refractivity contribution < 1.29 is 9.13 Å². The zero-order valence-corrected chi connectivity index (χ0v) is 17.9. The molecule has 0 atom stereocenters. The summed E-state index contributed by atoms with van der Waals surface area (Å²) in [5, 5.41) is 1.89. The van der Waals surface area contributed by atoms with E-state index in [1.165, 1.54) is 34.9 Å². The predicted molar refractivity (Wildman–Crippen MR) is 118 cm³/mol. The quantitative estimate of drug-likeness (QED) is 0.484. The molecule has 1 N–H and O–H groups in total. The molecule has 1 aliphatic heterocycles. The zero-order valence-electron chi connectivity index (χ0n) is 16.3. The summed E-state index contributed by atoms with van der Waals surface area (Å²) in [7, 11) is 0. The monoisotopic (exact) mass is 429 g/mol. The smallest absolute Gasteiger partial charge is 0.147 e. The molecule has 1 fully saturated rings. The van der Waals surface area contributed by atoms with E-state index in [2.05, 4.69) is 38.9 Å². The van der Waals surface area contributed by atoms with Crippen molar-refractivity contribution in [3.63, 3.8) is 0 Å². The number of thiazole rings is 1. The first kappa shape index (κ1) is 20.2. The Bertz CT molecular complexity index is 913. The number of ether oxygens (including phenoxy) is 1. The lowest BCUT2D eigenvalue weighted by atomic mass is 10.1. The highest BCUT2D eigenvalue weighted by molar-refractivity contribution is 8.00. The van der Waals surface area contributed by atoms with Crippen molar-refractivity contribution in [2.24, 2.45) is 0 Å². The van der Waals surface area contributed by atoms with E-state index in [4.69, 9.17) is 4.74 Å². The standard InChI is InChI=1S/C22H24FN3OS2/c1-16-11-21(29-25-22-14-28-15-24-22)19(23)12-20(16)27-18-7-9-26(10-8-18)13-17-5-3-2-4-6-17/h2-6,11-12,14-15,18,25H,7-10,13H2,1H3. The van der Waals surface area contributed by atoms with Crippen LogP contribution in [-0.2, 0) is 6.54 Å². The highest BCUT2D eigenvalue weighted by Gasteiger charge is 2.22. The number of hydrogen-bond acceptors (Lipinski definition) is 6. The molecule has 29 heavy (non-hydrogen) atoms. The molecule has 2 aromatic carbocycles. The Morgan fingerprint density at radius 3 is 2.76 bits per heavy atom. The summed E-state index contributed by atoms with van der Waals surface area (Å²) in [5.74, 6) is 1.10. The van der Waals surface area contributed by atoms with Crippen LogP contribution in [0.5, 0.6) is 5.75 Å². The van der Waals surface area contributed by atoms with Crippen LogP contribution in [0.3, 0.4) is 0 Å². The first-order valence-corrected chi connectivity index (χ1v) is 11.5. The van der Waals surface area contributed by atoms with Gasteiger partial charge in [-0.1, -0.05) is 30.3 Å². The number of nitrogens with one attached hydrogen (secondary N) is 1. The highest BCUT2D eigenvalue weighted by atomic mass is 32.2. The molecule has 7 heteroatoms. The van der Waals surface area contributed by atoms with Gasteiger partial charge in [-0.05, 0) is 48.9 Å². The minimum Gasteiger partial charge on any atom is -0.490 e. The molecule has 0 spiro atoms. The lowest BCUT2D eigenvalue weighted by molar-refractivity contribution is 0.0959. The molecule has 4 rings (SSSR count). The van der Waals surface area contributed by atoms with Crippen molar-refractivity contribution in [3.8, 4) is 5.75 Å². The molecule has 0 saturated carbocycles. The van der Waals surface area contributed by atoms with E-state index in [0.717, 1.165) is 43.9 Å². The molecule has 0 aliphatic carbocycles. The minimum atomic E-state index is -0.278. The summed E-state index contributed by atoms with van der Waals surface area (Å²) in [6, 6.07) is 13.9. The van der Waals surface area contributed by atoms with Crippen LogP contribution in [0.2, 0.25) is 0 Å². The zero-order chi connectivity index (χ0) is 20.1. The van der Waals surface area contributed by atoms with Gasteiger partial charge in [0.1, 0.15) is 23.5 Å². The maximum Gasteiger partial charge on any atom is 0.147 e. The molecule has 0 unspecified atom stereocenters. The van der Waals surface area contributed by atoms with Crippen LogP contribution >= 0.6 is 23.3 Å². The van der Waals surface area contributed by atoms with Crippen LogP contribution in [-0.4, -0.2) is 29.1 Å².